The second-order valence-corrected chi connectivity index (χ2v) is 7.85. The van der Waals surface area contributed by atoms with E-state index in [1.165, 1.54) is 17.7 Å². The number of carbonyl (C=O) groups excluding carboxylic acids is 2. The van der Waals surface area contributed by atoms with Crippen LogP contribution in [0.3, 0.4) is 0 Å². The first kappa shape index (κ1) is 17.9. The van der Waals surface area contributed by atoms with E-state index in [2.05, 4.69) is 31.2 Å². The van der Waals surface area contributed by atoms with Gasteiger partial charge in [-0.1, -0.05) is 28.1 Å². The van der Waals surface area contributed by atoms with Gasteiger partial charge in [-0.2, -0.15) is 0 Å². The fourth-order valence-electron chi connectivity index (χ4n) is 3.07. The third kappa shape index (κ3) is 2.96. The molecule has 0 bridgehead atoms. The van der Waals surface area contributed by atoms with Crippen molar-refractivity contribution in [3.05, 3.63) is 45.5 Å². The molecule has 1 atom stereocenters. The number of amides is 2. The molecule has 1 aliphatic rings. The molecule has 1 N–H and O–H groups in total. The first-order valence-corrected chi connectivity index (χ1v) is 9.92. The van der Waals surface area contributed by atoms with E-state index in [1.807, 2.05) is 31.2 Å². The monoisotopic (exact) mass is 446 g/mol. The molecule has 138 valence electrons. The van der Waals surface area contributed by atoms with E-state index in [1.54, 1.807) is 11.8 Å². The van der Waals surface area contributed by atoms with Gasteiger partial charge in [-0.25, -0.2) is 19.6 Å². The van der Waals surface area contributed by atoms with Crippen molar-refractivity contribution in [3.8, 4) is 0 Å². The van der Waals surface area contributed by atoms with Crippen LogP contribution in [-0.4, -0.2) is 28.6 Å². The number of rotatable bonds is 4. The lowest BCUT2D eigenvalue weighted by Gasteiger charge is -2.32. The van der Waals surface area contributed by atoms with Crippen LogP contribution in [0.4, 0.5) is 16.3 Å². The van der Waals surface area contributed by atoms with Crippen molar-refractivity contribution < 1.29 is 14.3 Å². The predicted molar refractivity (Wildman–Crippen MR) is 107 cm³/mol. The molecule has 0 fully saturated rings. The van der Waals surface area contributed by atoms with Crippen molar-refractivity contribution in [2.75, 3.05) is 16.8 Å². The van der Waals surface area contributed by atoms with Gasteiger partial charge in [0.2, 0.25) is 0 Å². The lowest BCUT2D eigenvalue weighted by molar-refractivity contribution is 0.0533. The zero-order valence-electron chi connectivity index (χ0n) is 14.5. The quantitative estimate of drug-likeness (QED) is 0.584. The fourth-order valence-corrected chi connectivity index (χ4v) is 4.32. The van der Waals surface area contributed by atoms with Gasteiger partial charge in [-0.3, -0.25) is 4.90 Å². The molecule has 4 rings (SSSR count). The molecule has 0 saturated carbocycles. The number of hydrogen-bond acceptors (Lipinski definition) is 6. The number of thiophene rings is 1. The Balaban J connectivity index is 1.84. The van der Waals surface area contributed by atoms with Crippen LogP contribution >= 0.6 is 27.3 Å². The minimum Gasteiger partial charge on any atom is -0.462 e. The second-order valence-electron chi connectivity index (χ2n) is 5.93. The molecule has 1 aromatic carbocycles. The highest BCUT2D eigenvalue weighted by Gasteiger charge is 2.35. The molecule has 0 spiro atoms. The van der Waals surface area contributed by atoms with E-state index in [0.717, 1.165) is 10.0 Å². The summed E-state index contributed by atoms with van der Waals surface area (Å²) in [5.74, 6) is 0.0112. The van der Waals surface area contributed by atoms with Crippen molar-refractivity contribution in [1.82, 2.24) is 9.97 Å². The highest BCUT2D eigenvalue weighted by Crippen LogP contribution is 2.44. The van der Waals surface area contributed by atoms with Crippen molar-refractivity contribution in [3.63, 3.8) is 0 Å². The molecule has 2 aromatic heterocycles. The molecule has 7 nitrogen and oxygen atoms in total. The average Bonchev–Trinajstić information content (AvgIpc) is 3.02. The Bertz CT molecular complexity index is 1050. The van der Waals surface area contributed by atoms with Crippen LogP contribution in [0.1, 0.15) is 35.1 Å². The van der Waals surface area contributed by atoms with Crippen LogP contribution in [-0.2, 0) is 4.74 Å². The van der Waals surface area contributed by atoms with Gasteiger partial charge in [-0.05, 0) is 31.5 Å². The van der Waals surface area contributed by atoms with E-state index in [9.17, 15) is 9.59 Å². The number of halogens is 1. The molecular formula is C18H15BrN4O3S. The zero-order chi connectivity index (χ0) is 19.1. The number of aromatic nitrogens is 2. The summed E-state index contributed by atoms with van der Waals surface area (Å²) in [4.78, 5) is 36.3. The zero-order valence-corrected chi connectivity index (χ0v) is 16.9. The van der Waals surface area contributed by atoms with E-state index < -0.39 is 5.97 Å². The van der Waals surface area contributed by atoms with Crippen LogP contribution in [0.5, 0.6) is 0 Å². The van der Waals surface area contributed by atoms with Gasteiger partial charge in [0.05, 0.1) is 23.7 Å². The number of nitrogens with zero attached hydrogens (tertiary/aromatic N) is 3. The van der Waals surface area contributed by atoms with Gasteiger partial charge >= 0.3 is 12.0 Å². The van der Waals surface area contributed by atoms with Crippen LogP contribution in [0, 0.1) is 0 Å². The molecule has 0 saturated heterocycles. The molecule has 27 heavy (non-hydrogen) atoms. The predicted octanol–water partition coefficient (Wildman–Crippen LogP) is 4.74. The maximum atomic E-state index is 12.9. The summed E-state index contributed by atoms with van der Waals surface area (Å²) in [7, 11) is 0. The molecule has 3 aromatic rings. The third-order valence-electron chi connectivity index (χ3n) is 4.35. The van der Waals surface area contributed by atoms with Gasteiger partial charge in [0.15, 0.2) is 5.82 Å². The van der Waals surface area contributed by atoms with Gasteiger partial charge in [0.25, 0.3) is 0 Å². The molecule has 0 aliphatic carbocycles. The summed E-state index contributed by atoms with van der Waals surface area (Å²) in [6.07, 6.45) is 1.41. The Kier molecular flexibility index (Phi) is 4.56. The Morgan fingerprint density at radius 2 is 2.07 bits per heavy atom. The van der Waals surface area contributed by atoms with Crippen molar-refractivity contribution in [2.24, 2.45) is 0 Å². The van der Waals surface area contributed by atoms with Crippen LogP contribution in [0.2, 0.25) is 0 Å². The summed E-state index contributed by atoms with van der Waals surface area (Å²) in [6.45, 7) is 3.92. The maximum absolute atomic E-state index is 12.9. The maximum Gasteiger partial charge on any atom is 0.350 e. The number of benzene rings is 1. The summed E-state index contributed by atoms with van der Waals surface area (Å²) < 4.78 is 6.07. The highest BCUT2D eigenvalue weighted by atomic mass is 79.9. The van der Waals surface area contributed by atoms with Crippen LogP contribution < -0.4 is 10.2 Å². The van der Waals surface area contributed by atoms with Gasteiger partial charge < -0.3 is 10.1 Å². The minimum atomic E-state index is -0.476. The lowest BCUT2D eigenvalue weighted by atomic mass is 10.1. The molecular weight excluding hydrogens is 432 g/mol. The average molecular weight is 447 g/mol. The molecule has 2 amide bonds. The Hall–Kier alpha value is -2.52. The lowest BCUT2D eigenvalue weighted by Crippen LogP contribution is -2.40. The van der Waals surface area contributed by atoms with Crippen LogP contribution in [0.15, 0.2) is 35.1 Å². The van der Waals surface area contributed by atoms with Gasteiger partial charge in [-0.15, -0.1) is 11.3 Å². The number of carbonyl (C=O) groups is 2. The largest absolute Gasteiger partial charge is 0.462 e. The van der Waals surface area contributed by atoms with Crippen LogP contribution in [0.25, 0.3) is 10.2 Å². The van der Waals surface area contributed by atoms with Crippen molar-refractivity contribution in [2.45, 2.75) is 19.9 Å². The van der Waals surface area contributed by atoms with Crippen molar-refractivity contribution >= 4 is 61.0 Å². The minimum absolute atomic E-state index is 0.254. The standard InChI is InChI=1S/C18H15BrN4O3S/c1-3-26-17(24)14-13-12-15(20-8-21-16(12)27-14)23(18(25)22-13)9(2)10-4-6-11(19)7-5-10/h4-9H,3H2,1-2H3,(H,22,25)/t9-/m1/s1. The second kappa shape index (κ2) is 6.90. The Labute approximate surface area is 167 Å². The summed E-state index contributed by atoms with van der Waals surface area (Å²) in [5.41, 5.74) is 1.39. The molecule has 3 heterocycles. The molecule has 1 aliphatic heterocycles. The summed E-state index contributed by atoms with van der Waals surface area (Å²) in [6, 6.07) is 7.16. The topological polar surface area (TPSA) is 84.4 Å². The first-order valence-electron chi connectivity index (χ1n) is 8.31. The van der Waals surface area contributed by atoms with Gasteiger partial charge in [0.1, 0.15) is 16.0 Å². The van der Waals surface area contributed by atoms with E-state index in [0.29, 0.717) is 26.6 Å². The Morgan fingerprint density at radius 3 is 2.78 bits per heavy atom. The number of nitrogens with one attached hydrogen (secondary N) is 1. The summed E-state index contributed by atoms with van der Waals surface area (Å²) >= 11 is 4.61. The Morgan fingerprint density at radius 1 is 1.33 bits per heavy atom. The molecule has 9 heteroatoms. The number of hydrogen-bond donors (Lipinski definition) is 1. The SMILES string of the molecule is CCOC(=O)c1sc2ncnc3c2c1NC(=O)N3[C@H](C)c1ccc(Br)cc1. The number of urea groups is 1. The summed E-state index contributed by atoms with van der Waals surface area (Å²) in [5, 5.41) is 3.49. The van der Waals surface area contributed by atoms with E-state index in [4.69, 9.17) is 4.74 Å². The normalized spacial score (nSPS) is 14.2. The molecule has 0 radical (unpaired) electrons. The highest BCUT2D eigenvalue weighted by molar-refractivity contribution is 9.10. The van der Waals surface area contributed by atoms with E-state index in [-0.39, 0.29) is 18.7 Å². The molecule has 0 unspecified atom stereocenters. The number of esters is 1. The number of anilines is 2. The van der Waals surface area contributed by atoms with Crippen molar-refractivity contribution in [1.29, 1.82) is 0 Å². The van der Waals surface area contributed by atoms with E-state index >= 15 is 0 Å². The number of ether oxygens (including phenoxy) is 1. The third-order valence-corrected chi connectivity index (χ3v) is 5.95. The smallest absolute Gasteiger partial charge is 0.350 e. The fraction of sp³-hybridized carbons (Fsp3) is 0.222. The van der Waals surface area contributed by atoms with Gasteiger partial charge in [0, 0.05) is 4.47 Å². The first-order chi connectivity index (χ1) is 13.0.